The van der Waals surface area contributed by atoms with Gasteiger partial charge in [-0.2, -0.15) is 11.8 Å². The van der Waals surface area contributed by atoms with E-state index in [4.69, 9.17) is 27.9 Å². The number of amides is 2. The fourth-order valence-corrected chi connectivity index (χ4v) is 2.91. The number of carbonyl (C=O) groups excluding carboxylic acids is 3. The number of carbonyl (C=O) groups is 3. The first-order valence-corrected chi connectivity index (χ1v) is 10.2. The number of nitrogens with one attached hydrogen (secondary N) is 2. The molecule has 2 amide bonds. The van der Waals surface area contributed by atoms with Crippen molar-refractivity contribution in [1.29, 1.82) is 0 Å². The van der Waals surface area contributed by atoms with Crippen LogP contribution in [0.2, 0.25) is 10.0 Å². The summed E-state index contributed by atoms with van der Waals surface area (Å²) in [5.74, 6) is -0.915. The molecule has 26 heavy (non-hydrogen) atoms. The Kier molecular flexibility index (Phi) is 10.5. The van der Waals surface area contributed by atoms with Gasteiger partial charge in [-0.25, -0.2) is 4.79 Å². The van der Waals surface area contributed by atoms with Crippen LogP contribution in [0.4, 0.5) is 0 Å². The molecule has 0 heterocycles. The summed E-state index contributed by atoms with van der Waals surface area (Å²) in [4.78, 5) is 36.2. The summed E-state index contributed by atoms with van der Waals surface area (Å²) in [5, 5.41) is 5.81. The maximum Gasteiger partial charge on any atom is 0.329 e. The highest BCUT2D eigenvalue weighted by Gasteiger charge is 2.24. The number of ether oxygens (including phenoxy) is 1. The average molecular weight is 421 g/mol. The maximum atomic E-state index is 12.4. The topological polar surface area (TPSA) is 84.5 Å². The van der Waals surface area contributed by atoms with Crippen LogP contribution in [0.25, 0.3) is 0 Å². The summed E-state index contributed by atoms with van der Waals surface area (Å²) in [6.07, 6.45) is 3.04. The molecule has 0 unspecified atom stereocenters. The summed E-state index contributed by atoms with van der Waals surface area (Å²) in [6.45, 7) is 2.05. The van der Waals surface area contributed by atoms with Crippen LogP contribution in [0.15, 0.2) is 18.2 Å². The normalized spacial score (nSPS) is 11.5. The Labute approximate surface area is 167 Å². The molecule has 0 aliphatic carbocycles. The third kappa shape index (κ3) is 7.85. The van der Waals surface area contributed by atoms with E-state index in [0.29, 0.717) is 23.7 Å². The Morgan fingerprint density at radius 2 is 2.00 bits per heavy atom. The molecule has 0 fully saturated rings. The summed E-state index contributed by atoms with van der Waals surface area (Å²) in [7, 11) is 0. The van der Waals surface area contributed by atoms with E-state index < -0.39 is 17.9 Å². The van der Waals surface area contributed by atoms with Crippen LogP contribution >= 0.6 is 35.0 Å². The molecule has 0 saturated heterocycles. The van der Waals surface area contributed by atoms with Crippen molar-refractivity contribution in [1.82, 2.24) is 10.6 Å². The molecule has 0 spiro atoms. The molecule has 6 nitrogen and oxygen atoms in total. The largest absolute Gasteiger partial charge is 0.454 e. The zero-order valence-corrected chi connectivity index (χ0v) is 17.0. The van der Waals surface area contributed by atoms with Crippen molar-refractivity contribution in [3.8, 4) is 0 Å². The zero-order chi connectivity index (χ0) is 19.5. The number of hydrogen-bond donors (Lipinski definition) is 2. The molecule has 2 N–H and O–H groups in total. The minimum absolute atomic E-state index is 0.186. The fraction of sp³-hybridized carbons (Fsp3) is 0.471. The molecule has 1 aromatic carbocycles. The van der Waals surface area contributed by atoms with Gasteiger partial charge in [0.05, 0.1) is 10.6 Å². The second kappa shape index (κ2) is 12.0. The maximum absolute atomic E-state index is 12.4. The summed E-state index contributed by atoms with van der Waals surface area (Å²) >= 11 is 13.4. The van der Waals surface area contributed by atoms with Crippen molar-refractivity contribution in [2.24, 2.45) is 0 Å². The molecule has 0 radical (unpaired) electrons. The number of esters is 1. The molecule has 0 aliphatic heterocycles. The van der Waals surface area contributed by atoms with E-state index in [1.165, 1.54) is 30.0 Å². The first kappa shape index (κ1) is 22.6. The van der Waals surface area contributed by atoms with E-state index in [1.54, 1.807) is 0 Å². The fourth-order valence-electron chi connectivity index (χ4n) is 1.95. The second-order valence-corrected chi connectivity index (χ2v) is 7.22. The van der Waals surface area contributed by atoms with Crippen molar-refractivity contribution in [3.63, 3.8) is 0 Å². The molecule has 0 aromatic heterocycles. The van der Waals surface area contributed by atoms with Gasteiger partial charge in [0.15, 0.2) is 6.61 Å². The van der Waals surface area contributed by atoms with Crippen LogP contribution in [0, 0.1) is 0 Å². The number of hydrogen-bond acceptors (Lipinski definition) is 5. The van der Waals surface area contributed by atoms with E-state index in [1.807, 2.05) is 13.2 Å². The molecule has 0 bridgehead atoms. The average Bonchev–Trinajstić information content (AvgIpc) is 2.61. The van der Waals surface area contributed by atoms with E-state index in [0.717, 1.165) is 6.42 Å². The molecule has 0 aliphatic rings. The standard InChI is InChI=1S/C17H22Cl2N2O4S/c1-3-7-20-15(22)10-25-17(24)14(6-8-26-2)21-16(23)12-5-4-11(18)9-13(12)19/h4-5,9,14H,3,6-8,10H2,1-2H3,(H,20,22)(H,21,23)/t14-/m1/s1. The van der Waals surface area contributed by atoms with E-state index in [9.17, 15) is 14.4 Å². The van der Waals surface area contributed by atoms with Gasteiger partial charge in [-0.1, -0.05) is 30.1 Å². The third-order valence-corrected chi connectivity index (χ3v) is 4.49. The minimum atomic E-state index is -0.874. The van der Waals surface area contributed by atoms with Crippen LogP contribution in [-0.4, -0.2) is 49.0 Å². The van der Waals surface area contributed by atoms with Crippen molar-refractivity contribution in [2.45, 2.75) is 25.8 Å². The van der Waals surface area contributed by atoms with Gasteiger partial charge < -0.3 is 15.4 Å². The van der Waals surface area contributed by atoms with Crippen LogP contribution in [0.5, 0.6) is 0 Å². The summed E-state index contributed by atoms with van der Waals surface area (Å²) in [6, 6.07) is 3.59. The number of rotatable bonds is 10. The van der Waals surface area contributed by atoms with Crippen LogP contribution in [0.1, 0.15) is 30.1 Å². The predicted molar refractivity (Wildman–Crippen MR) is 105 cm³/mol. The van der Waals surface area contributed by atoms with Gasteiger partial charge >= 0.3 is 5.97 Å². The summed E-state index contributed by atoms with van der Waals surface area (Å²) in [5.41, 5.74) is 0.207. The second-order valence-electron chi connectivity index (χ2n) is 5.39. The van der Waals surface area contributed by atoms with Gasteiger partial charge in [0, 0.05) is 11.6 Å². The molecule has 0 saturated carbocycles. The van der Waals surface area contributed by atoms with Gasteiger partial charge in [0.1, 0.15) is 6.04 Å². The molecule has 1 atom stereocenters. The Morgan fingerprint density at radius 1 is 1.27 bits per heavy atom. The quantitative estimate of drug-likeness (QED) is 0.568. The van der Waals surface area contributed by atoms with Crippen LogP contribution < -0.4 is 10.6 Å². The lowest BCUT2D eigenvalue weighted by Crippen LogP contribution is -2.43. The smallest absolute Gasteiger partial charge is 0.329 e. The highest BCUT2D eigenvalue weighted by Crippen LogP contribution is 2.21. The van der Waals surface area contributed by atoms with E-state index >= 15 is 0 Å². The van der Waals surface area contributed by atoms with Gasteiger partial charge in [0.25, 0.3) is 11.8 Å². The molecule has 9 heteroatoms. The zero-order valence-electron chi connectivity index (χ0n) is 14.6. The summed E-state index contributed by atoms with van der Waals surface area (Å²) < 4.78 is 5.02. The van der Waals surface area contributed by atoms with Crippen molar-refractivity contribution in [3.05, 3.63) is 33.8 Å². The first-order chi connectivity index (χ1) is 12.4. The number of halogens is 2. The van der Waals surface area contributed by atoms with Crippen molar-refractivity contribution >= 4 is 52.7 Å². The van der Waals surface area contributed by atoms with Gasteiger partial charge in [-0.05, 0) is 43.0 Å². The van der Waals surface area contributed by atoms with Crippen molar-refractivity contribution in [2.75, 3.05) is 25.2 Å². The Balaban J connectivity index is 2.71. The van der Waals surface area contributed by atoms with Gasteiger partial charge in [-0.15, -0.1) is 0 Å². The lowest BCUT2D eigenvalue weighted by molar-refractivity contribution is -0.150. The van der Waals surface area contributed by atoms with Crippen LogP contribution in [-0.2, 0) is 14.3 Å². The third-order valence-electron chi connectivity index (χ3n) is 3.29. The SMILES string of the molecule is CCCNC(=O)COC(=O)[C@@H](CCSC)NC(=O)c1ccc(Cl)cc1Cl. The van der Waals surface area contributed by atoms with E-state index in [2.05, 4.69) is 10.6 Å². The lowest BCUT2D eigenvalue weighted by Gasteiger charge is -2.17. The lowest BCUT2D eigenvalue weighted by atomic mass is 10.1. The van der Waals surface area contributed by atoms with Gasteiger partial charge in [-0.3, -0.25) is 9.59 Å². The van der Waals surface area contributed by atoms with Gasteiger partial charge in [0.2, 0.25) is 0 Å². The minimum Gasteiger partial charge on any atom is -0.454 e. The van der Waals surface area contributed by atoms with Crippen molar-refractivity contribution < 1.29 is 19.1 Å². The monoisotopic (exact) mass is 420 g/mol. The molecule has 1 rings (SSSR count). The molecular formula is C17H22Cl2N2O4S. The molecule has 1 aromatic rings. The highest BCUT2D eigenvalue weighted by atomic mass is 35.5. The van der Waals surface area contributed by atoms with Crippen LogP contribution in [0.3, 0.4) is 0 Å². The Morgan fingerprint density at radius 3 is 2.62 bits per heavy atom. The number of benzene rings is 1. The highest BCUT2D eigenvalue weighted by molar-refractivity contribution is 7.98. The Bertz CT molecular complexity index is 643. The number of thioether (sulfide) groups is 1. The molecule has 144 valence electrons. The predicted octanol–water partition coefficient (Wildman–Crippen LogP) is 2.91. The Hall–Kier alpha value is -1.44. The molecular weight excluding hydrogens is 399 g/mol. The first-order valence-electron chi connectivity index (χ1n) is 8.07. The van der Waals surface area contributed by atoms with E-state index in [-0.39, 0.29) is 23.1 Å².